The third-order valence-corrected chi connectivity index (χ3v) is 3.61. The summed E-state index contributed by atoms with van der Waals surface area (Å²) in [5.74, 6) is -0.112. The molecule has 3 nitrogen and oxygen atoms in total. The summed E-state index contributed by atoms with van der Waals surface area (Å²) >= 11 is 0. The van der Waals surface area contributed by atoms with Gasteiger partial charge in [0.05, 0.1) is 0 Å². The van der Waals surface area contributed by atoms with E-state index in [1.165, 1.54) is 18.4 Å². The van der Waals surface area contributed by atoms with Crippen molar-refractivity contribution in [1.82, 2.24) is 10.2 Å². The van der Waals surface area contributed by atoms with Crippen molar-refractivity contribution >= 4 is 0 Å². The molecule has 0 spiro atoms. The van der Waals surface area contributed by atoms with Gasteiger partial charge < -0.3 is 15.0 Å². The normalized spacial score (nSPS) is 15.0. The minimum atomic E-state index is -0.112. The minimum absolute atomic E-state index is 0.112. The van der Waals surface area contributed by atoms with Crippen molar-refractivity contribution in [3.63, 3.8) is 0 Å². The van der Waals surface area contributed by atoms with E-state index in [-0.39, 0.29) is 5.82 Å². The fourth-order valence-electron chi connectivity index (χ4n) is 2.26. The van der Waals surface area contributed by atoms with E-state index in [2.05, 4.69) is 10.2 Å². The van der Waals surface area contributed by atoms with E-state index in [1.807, 2.05) is 19.2 Å². The Hall–Kier alpha value is -0.970. The molecule has 0 saturated heterocycles. The first-order chi connectivity index (χ1) is 9.69. The van der Waals surface area contributed by atoms with Crippen molar-refractivity contribution < 1.29 is 9.13 Å². The largest absolute Gasteiger partial charge is 0.385 e. The second-order valence-electron chi connectivity index (χ2n) is 5.67. The zero-order valence-electron chi connectivity index (χ0n) is 12.5. The molecular formula is C16H25FN2O. The standard InChI is InChI=1S/C16H25FN2O/c1-19(8-3-9-20-2)12-14-10-13(4-7-16(14)17)11-18-15-5-6-15/h4,7,10,15,18H,3,5-6,8-9,11-12H2,1-2H3. The average Bonchev–Trinajstić information content (AvgIpc) is 3.24. The van der Waals surface area contributed by atoms with Crippen LogP contribution in [0.4, 0.5) is 4.39 Å². The van der Waals surface area contributed by atoms with Gasteiger partial charge in [-0.15, -0.1) is 0 Å². The summed E-state index contributed by atoms with van der Waals surface area (Å²) in [6.45, 7) is 3.15. The van der Waals surface area contributed by atoms with Crippen LogP contribution in [-0.4, -0.2) is 38.3 Å². The first-order valence-electron chi connectivity index (χ1n) is 7.37. The molecule has 1 aromatic rings. The molecule has 0 heterocycles. The maximum absolute atomic E-state index is 13.9. The topological polar surface area (TPSA) is 24.5 Å². The number of nitrogens with zero attached hydrogens (tertiary/aromatic N) is 1. The Morgan fingerprint density at radius 1 is 1.40 bits per heavy atom. The van der Waals surface area contributed by atoms with Crippen molar-refractivity contribution in [2.24, 2.45) is 0 Å². The zero-order valence-corrected chi connectivity index (χ0v) is 12.5. The van der Waals surface area contributed by atoms with Crippen molar-refractivity contribution in [3.8, 4) is 0 Å². The number of halogens is 1. The Bertz CT molecular complexity index is 421. The molecule has 0 aliphatic heterocycles. The van der Waals surface area contributed by atoms with Gasteiger partial charge in [-0.05, 0) is 37.9 Å². The molecule has 1 N–H and O–H groups in total. The molecule has 1 aliphatic carbocycles. The first kappa shape index (κ1) is 15.4. The van der Waals surface area contributed by atoms with Gasteiger partial charge in [0.2, 0.25) is 0 Å². The predicted octanol–water partition coefficient (Wildman–Crippen LogP) is 2.55. The van der Waals surface area contributed by atoms with Gasteiger partial charge in [-0.3, -0.25) is 0 Å². The zero-order chi connectivity index (χ0) is 14.4. The van der Waals surface area contributed by atoms with E-state index >= 15 is 0 Å². The fourth-order valence-corrected chi connectivity index (χ4v) is 2.26. The molecule has 2 rings (SSSR count). The summed E-state index contributed by atoms with van der Waals surface area (Å²) in [6.07, 6.45) is 3.52. The second-order valence-corrected chi connectivity index (χ2v) is 5.67. The van der Waals surface area contributed by atoms with Crippen LogP contribution < -0.4 is 5.32 Å². The molecule has 112 valence electrons. The number of methoxy groups -OCH3 is 1. The summed E-state index contributed by atoms with van der Waals surface area (Å²) < 4.78 is 18.9. The lowest BCUT2D eigenvalue weighted by Crippen LogP contribution is -2.21. The van der Waals surface area contributed by atoms with Crippen LogP contribution in [-0.2, 0) is 17.8 Å². The summed E-state index contributed by atoms with van der Waals surface area (Å²) in [5.41, 5.74) is 1.94. The van der Waals surface area contributed by atoms with Crippen molar-refractivity contribution in [3.05, 3.63) is 35.1 Å². The fraction of sp³-hybridized carbons (Fsp3) is 0.625. The highest BCUT2D eigenvalue weighted by atomic mass is 19.1. The Balaban J connectivity index is 1.86. The maximum Gasteiger partial charge on any atom is 0.127 e. The average molecular weight is 280 g/mol. The van der Waals surface area contributed by atoms with Crippen molar-refractivity contribution in [1.29, 1.82) is 0 Å². The predicted molar refractivity (Wildman–Crippen MR) is 79.1 cm³/mol. The third-order valence-electron chi connectivity index (χ3n) is 3.61. The van der Waals surface area contributed by atoms with E-state index in [0.717, 1.165) is 31.7 Å². The monoisotopic (exact) mass is 280 g/mol. The molecule has 0 aromatic heterocycles. The van der Waals surface area contributed by atoms with Gasteiger partial charge >= 0.3 is 0 Å². The van der Waals surface area contributed by atoms with E-state index < -0.39 is 0 Å². The van der Waals surface area contributed by atoms with Gasteiger partial charge in [-0.1, -0.05) is 12.1 Å². The van der Waals surface area contributed by atoms with Gasteiger partial charge in [0.1, 0.15) is 5.82 Å². The molecule has 1 saturated carbocycles. The highest BCUT2D eigenvalue weighted by molar-refractivity contribution is 5.25. The van der Waals surface area contributed by atoms with Gasteiger partial charge in [-0.2, -0.15) is 0 Å². The molecule has 0 amide bonds. The van der Waals surface area contributed by atoms with Gasteiger partial charge in [-0.25, -0.2) is 4.39 Å². The molecule has 1 aliphatic rings. The number of nitrogens with one attached hydrogen (secondary N) is 1. The van der Waals surface area contributed by atoms with Gasteiger partial charge in [0, 0.05) is 45.0 Å². The van der Waals surface area contributed by atoms with Gasteiger partial charge in [0.25, 0.3) is 0 Å². The first-order valence-corrected chi connectivity index (χ1v) is 7.37. The highest BCUT2D eigenvalue weighted by Crippen LogP contribution is 2.20. The van der Waals surface area contributed by atoms with Crippen molar-refractivity contribution in [2.75, 3.05) is 27.3 Å². The van der Waals surface area contributed by atoms with E-state index in [9.17, 15) is 4.39 Å². The number of rotatable bonds is 9. The lowest BCUT2D eigenvalue weighted by Gasteiger charge is -2.17. The number of hydrogen-bond donors (Lipinski definition) is 1. The van der Waals surface area contributed by atoms with Crippen LogP contribution in [0.3, 0.4) is 0 Å². The molecular weight excluding hydrogens is 255 g/mol. The highest BCUT2D eigenvalue weighted by Gasteiger charge is 2.20. The Kier molecular flexibility index (Phi) is 5.95. The van der Waals surface area contributed by atoms with Crippen LogP contribution in [0.2, 0.25) is 0 Å². The summed E-state index contributed by atoms with van der Waals surface area (Å²) in [6, 6.07) is 6.12. The summed E-state index contributed by atoms with van der Waals surface area (Å²) in [4.78, 5) is 2.13. The maximum atomic E-state index is 13.9. The molecule has 0 unspecified atom stereocenters. The van der Waals surface area contributed by atoms with E-state index in [0.29, 0.717) is 12.6 Å². The van der Waals surface area contributed by atoms with Crippen LogP contribution in [0.1, 0.15) is 30.4 Å². The number of ether oxygens (including phenoxy) is 1. The lowest BCUT2D eigenvalue weighted by atomic mass is 10.1. The van der Waals surface area contributed by atoms with E-state index in [4.69, 9.17) is 4.74 Å². The van der Waals surface area contributed by atoms with Gasteiger partial charge in [0.15, 0.2) is 0 Å². The molecule has 20 heavy (non-hydrogen) atoms. The Morgan fingerprint density at radius 2 is 2.20 bits per heavy atom. The number of hydrogen-bond acceptors (Lipinski definition) is 3. The summed E-state index contributed by atoms with van der Waals surface area (Å²) in [5, 5.41) is 3.46. The Labute approximate surface area is 121 Å². The van der Waals surface area contributed by atoms with Crippen LogP contribution in [0.15, 0.2) is 18.2 Å². The molecule has 0 radical (unpaired) electrons. The second kappa shape index (κ2) is 7.72. The molecule has 4 heteroatoms. The lowest BCUT2D eigenvalue weighted by molar-refractivity contribution is 0.178. The van der Waals surface area contributed by atoms with Crippen molar-refractivity contribution in [2.45, 2.75) is 38.4 Å². The smallest absolute Gasteiger partial charge is 0.127 e. The quantitative estimate of drug-likeness (QED) is 0.704. The Morgan fingerprint density at radius 3 is 2.90 bits per heavy atom. The van der Waals surface area contributed by atoms with Crippen LogP contribution in [0.5, 0.6) is 0 Å². The molecule has 1 aromatic carbocycles. The van der Waals surface area contributed by atoms with Crippen LogP contribution in [0, 0.1) is 5.82 Å². The third kappa shape index (κ3) is 5.19. The molecule has 0 atom stereocenters. The summed E-state index contributed by atoms with van der Waals surface area (Å²) in [7, 11) is 3.72. The molecule has 1 fully saturated rings. The number of benzene rings is 1. The van der Waals surface area contributed by atoms with Crippen LogP contribution >= 0.6 is 0 Å². The molecule has 0 bridgehead atoms. The minimum Gasteiger partial charge on any atom is -0.385 e. The van der Waals surface area contributed by atoms with Crippen LogP contribution in [0.25, 0.3) is 0 Å². The van der Waals surface area contributed by atoms with E-state index in [1.54, 1.807) is 13.2 Å². The SMILES string of the molecule is COCCCN(C)Cc1cc(CNC2CC2)ccc1F.